The summed E-state index contributed by atoms with van der Waals surface area (Å²) in [6.45, 7) is 4.80. The van der Waals surface area contributed by atoms with Crippen LogP contribution in [0.1, 0.15) is 74.0 Å². The van der Waals surface area contributed by atoms with E-state index in [1.807, 2.05) is 70.1 Å². The molecule has 0 radical (unpaired) electrons. The number of hydrogen-bond donors (Lipinski definition) is 3. The molecule has 0 aliphatic carbocycles. The molecule has 0 bridgehead atoms. The molecule has 3 N–H and O–H groups in total. The number of benzene rings is 2. The number of carbonyl (C=O) groups excluding carboxylic acids is 1. The lowest BCUT2D eigenvalue weighted by Crippen LogP contribution is -2.40. The third-order valence-corrected chi connectivity index (χ3v) is 8.70. The molecule has 2 amide bonds. The molecule has 35 heavy (non-hydrogen) atoms. The van der Waals surface area contributed by atoms with E-state index in [2.05, 4.69) is 0 Å². The largest absolute Gasteiger partial charge is 0.396 e. The van der Waals surface area contributed by atoms with Gasteiger partial charge in [-0.05, 0) is 48.9 Å². The van der Waals surface area contributed by atoms with E-state index in [9.17, 15) is 15.0 Å². The van der Waals surface area contributed by atoms with E-state index < -0.39 is 12.2 Å². The molecule has 2 fully saturated rings. The molecule has 0 saturated carbocycles. The van der Waals surface area contributed by atoms with E-state index in [0.717, 1.165) is 53.7 Å². The summed E-state index contributed by atoms with van der Waals surface area (Å²) in [7, 11) is 0. The minimum atomic E-state index is -0.545. The predicted molar refractivity (Wildman–Crippen MR) is 140 cm³/mol. The Morgan fingerprint density at radius 1 is 0.914 bits per heavy atom. The monoisotopic (exact) mass is 498 g/mol. The van der Waals surface area contributed by atoms with Crippen molar-refractivity contribution in [3.63, 3.8) is 0 Å². The van der Waals surface area contributed by atoms with Crippen molar-refractivity contribution in [1.82, 2.24) is 9.80 Å². The summed E-state index contributed by atoms with van der Waals surface area (Å²) in [4.78, 5) is 17.9. The van der Waals surface area contributed by atoms with Gasteiger partial charge in [0.05, 0.1) is 24.3 Å². The smallest absolute Gasteiger partial charge is 0.321 e. The van der Waals surface area contributed by atoms with Crippen molar-refractivity contribution in [2.75, 3.05) is 12.4 Å². The van der Waals surface area contributed by atoms with Gasteiger partial charge >= 0.3 is 6.03 Å². The van der Waals surface area contributed by atoms with Crippen LogP contribution in [-0.2, 0) is 13.1 Å². The Morgan fingerprint density at radius 2 is 1.51 bits per heavy atom. The Hall–Kier alpha value is -2.06. The molecule has 0 spiro atoms. The van der Waals surface area contributed by atoms with Gasteiger partial charge in [-0.2, -0.15) is 11.8 Å². The van der Waals surface area contributed by atoms with Gasteiger partial charge in [-0.25, -0.2) is 4.79 Å². The number of unbranched alkanes of at least 4 members (excludes halogenated alkanes) is 2. The number of aliphatic hydroxyl groups is 3. The van der Waals surface area contributed by atoms with E-state index >= 15 is 0 Å². The van der Waals surface area contributed by atoms with Gasteiger partial charge in [0.15, 0.2) is 0 Å². The van der Waals surface area contributed by atoms with Crippen LogP contribution in [0, 0.1) is 0 Å². The van der Waals surface area contributed by atoms with Crippen LogP contribution in [-0.4, -0.2) is 60.8 Å². The Morgan fingerprint density at radius 3 is 2.09 bits per heavy atom. The zero-order valence-corrected chi connectivity index (χ0v) is 21.5. The van der Waals surface area contributed by atoms with Crippen molar-refractivity contribution in [2.45, 2.75) is 82.2 Å². The van der Waals surface area contributed by atoms with Crippen molar-refractivity contribution in [3.05, 3.63) is 70.8 Å². The van der Waals surface area contributed by atoms with Crippen LogP contribution in [0.5, 0.6) is 0 Å². The SMILES string of the molecule is CC(O)c1cccc(CN2C(=O)N(Cc3cccc(C(C)O)c3)[C@H]3CS[C@@H](CCCCCO)[C@H]32)c1. The van der Waals surface area contributed by atoms with Crippen molar-refractivity contribution >= 4 is 17.8 Å². The molecule has 2 aliphatic rings. The Kier molecular flexibility index (Phi) is 8.76. The van der Waals surface area contributed by atoms with Crippen LogP contribution in [0.4, 0.5) is 4.79 Å². The highest BCUT2D eigenvalue weighted by Gasteiger charge is 2.52. The molecule has 2 aromatic rings. The summed E-state index contributed by atoms with van der Waals surface area (Å²) in [5.41, 5.74) is 3.79. The van der Waals surface area contributed by atoms with Gasteiger partial charge in [0, 0.05) is 30.7 Å². The summed E-state index contributed by atoms with van der Waals surface area (Å²) in [5.74, 6) is 0.918. The van der Waals surface area contributed by atoms with Crippen molar-refractivity contribution in [2.24, 2.45) is 0 Å². The zero-order valence-electron chi connectivity index (χ0n) is 20.7. The number of fused-ring (bicyclic) bond motifs is 1. The first-order valence-corrected chi connectivity index (χ1v) is 13.8. The molecule has 5 atom stereocenters. The predicted octanol–water partition coefficient (Wildman–Crippen LogP) is 4.64. The molecule has 2 aliphatic heterocycles. The maximum absolute atomic E-state index is 13.8. The highest BCUT2D eigenvalue weighted by Crippen LogP contribution is 2.43. The average Bonchev–Trinajstić information content (AvgIpc) is 3.36. The van der Waals surface area contributed by atoms with Gasteiger partial charge in [-0.3, -0.25) is 0 Å². The Labute approximate surface area is 213 Å². The van der Waals surface area contributed by atoms with E-state index in [4.69, 9.17) is 5.11 Å². The fraction of sp³-hybridized carbons (Fsp3) is 0.536. The average molecular weight is 499 g/mol. The number of urea groups is 1. The summed E-state index contributed by atoms with van der Waals surface area (Å²) < 4.78 is 0. The third-order valence-electron chi connectivity index (χ3n) is 7.23. The second-order valence-corrected chi connectivity index (χ2v) is 11.2. The summed E-state index contributed by atoms with van der Waals surface area (Å²) in [5, 5.41) is 29.6. The highest BCUT2D eigenvalue weighted by molar-refractivity contribution is 8.00. The lowest BCUT2D eigenvalue weighted by atomic mass is 9.99. The van der Waals surface area contributed by atoms with Crippen molar-refractivity contribution in [3.8, 4) is 0 Å². The molecule has 4 rings (SSSR count). The van der Waals surface area contributed by atoms with Crippen molar-refractivity contribution in [1.29, 1.82) is 0 Å². The van der Waals surface area contributed by atoms with Crippen LogP contribution in [0.25, 0.3) is 0 Å². The Balaban J connectivity index is 1.57. The second-order valence-electron chi connectivity index (χ2n) is 9.88. The molecule has 2 saturated heterocycles. The minimum Gasteiger partial charge on any atom is -0.396 e. The van der Waals surface area contributed by atoms with Crippen LogP contribution < -0.4 is 0 Å². The van der Waals surface area contributed by atoms with E-state index in [0.29, 0.717) is 18.3 Å². The maximum Gasteiger partial charge on any atom is 0.321 e. The van der Waals surface area contributed by atoms with Crippen LogP contribution >= 0.6 is 11.8 Å². The van der Waals surface area contributed by atoms with Crippen molar-refractivity contribution < 1.29 is 20.1 Å². The topological polar surface area (TPSA) is 84.2 Å². The molecular weight excluding hydrogens is 460 g/mol. The zero-order chi connectivity index (χ0) is 24.9. The van der Waals surface area contributed by atoms with Gasteiger partial charge in [-0.15, -0.1) is 0 Å². The number of thioether (sulfide) groups is 1. The first-order chi connectivity index (χ1) is 16.9. The lowest BCUT2D eigenvalue weighted by Gasteiger charge is -2.27. The van der Waals surface area contributed by atoms with Gasteiger partial charge in [-0.1, -0.05) is 61.4 Å². The minimum absolute atomic E-state index is 0.0607. The quantitative estimate of drug-likeness (QED) is 0.311. The second kappa shape index (κ2) is 11.8. The Bertz CT molecular complexity index is 998. The first-order valence-electron chi connectivity index (χ1n) is 12.7. The molecule has 7 heteroatoms. The van der Waals surface area contributed by atoms with Crippen LogP contribution in [0.15, 0.2) is 48.5 Å². The number of amides is 2. The number of hydrogen-bond acceptors (Lipinski definition) is 5. The number of nitrogens with zero attached hydrogens (tertiary/aromatic N) is 2. The lowest BCUT2D eigenvalue weighted by molar-refractivity contribution is 0.180. The van der Waals surface area contributed by atoms with Crippen LogP contribution in [0.2, 0.25) is 0 Å². The third kappa shape index (κ3) is 6.02. The fourth-order valence-electron chi connectivity index (χ4n) is 5.33. The molecule has 2 aromatic carbocycles. The molecule has 2 unspecified atom stereocenters. The molecule has 190 valence electrons. The van der Waals surface area contributed by atoms with Gasteiger partial charge in [0.25, 0.3) is 0 Å². The van der Waals surface area contributed by atoms with E-state index in [-0.39, 0.29) is 24.7 Å². The summed E-state index contributed by atoms with van der Waals surface area (Å²) >= 11 is 1.96. The molecule has 6 nitrogen and oxygen atoms in total. The maximum atomic E-state index is 13.8. The summed E-state index contributed by atoms with van der Waals surface area (Å²) in [6, 6.07) is 16.1. The van der Waals surface area contributed by atoms with Gasteiger partial charge in [0.2, 0.25) is 0 Å². The molecular formula is C28H38N2O4S. The summed E-state index contributed by atoms with van der Waals surface area (Å²) in [6.07, 6.45) is 2.83. The van der Waals surface area contributed by atoms with E-state index in [1.54, 1.807) is 13.8 Å². The standard InChI is InChI=1S/C28H38N2O4S/c1-19(32)23-10-6-8-21(14-23)16-29-25-18-35-26(12-4-3-5-13-31)27(25)30(28(29)34)17-22-9-7-11-24(15-22)20(2)33/h6-11,14-15,19-20,25-27,31-33H,3-5,12-13,16-18H2,1-2H3/t19?,20?,25-,26-,27-/m0/s1. The van der Waals surface area contributed by atoms with Gasteiger partial charge < -0.3 is 25.1 Å². The van der Waals surface area contributed by atoms with Crippen LogP contribution in [0.3, 0.4) is 0 Å². The molecule has 2 heterocycles. The van der Waals surface area contributed by atoms with E-state index in [1.165, 1.54) is 0 Å². The number of rotatable bonds is 11. The highest BCUT2D eigenvalue weighted by atomic mass is 32.2. The molecule has 0 aromatic heterocycles. The first kappa shape index (κ1) is 26.0. The number of aliphatic hydroxyl groups excluding tert-OH is 3. The normalized spacial score (nSPS) is 23.6. The number of carbonyl (C=O) groups is 1. The fourth-order valence-corrected chi connectivity index (χ4v) is 7.01. The van der Waals surface area contributed by atoms with Gasteiger partial charge in [0.1, 0.15) is 0 Å².